The zero-order valence-electron chi connectivity index (χ0n) is 18.2. The number of morpholine rings is 1. The number of piperidine rings is 1. The molecule has 0 bridgehead atoms. The Kier molecular flexibility index (Phi) is 6.79. The van der Waals surface area contributed by atoms with Gasteiger partial charge in [-0.05, 0) is 49.8 Å². The summed E-state index contributed by atoms with van der Waals surface area (Å²) in [5.41, 5.74) is 1.65. The van der Waals surface area contributed by atoms with Crippen molar-refractivity contribution in [3.63, 3.8) is 0 Å². The summed E-state index contributed by atoms with van der Waals surface area (Å²) < 4.78 is 7.25. The van der Waals surface area contributed by atoms with Crippen molar-refractivity contribution >= 4 is 5.91 Å². The summed E-state index contributed by atoms with van der Waals surface area (Å²) >= 11 is 0. The quantitative estimate of drug-likeness (QED) is 0.731. The molecule has 2 aliphatic heterocycles. The lowest BCUT2D eigenvalue weighted by Gasteiger charge is -2.34. The lowest BCUT2D eigenvalue weighted by molar-refractivity contribution is 0.0332. The van der Waals surface area contributed by atoms with Gasteiger partial charge in [0, 0.05) is 32.4 Å². The van der Waals surface area contributed by atoms with Crippen LogP contribution >= 0.6 is 0 Å². The van der Waals surface area contributed by atoms with Crippen LogP contribution < -0.4 is 0 Å². The zero-order valence-corrected chi connectivity index (χ0v) is 18.2. The molecule has 1 amide bonds. The van der Waals surface area contributed by atoms with Gasteiger partial charge in [-0.2, -0.15) is 5.10 Å². The fourth-order valence-corrected chi connectivity index (χ4v) is 4.52. The Morgan fingerprint density at radius 3 is 2.60 bits per heavy atom. The van der Waals surface area contributed by atoms with Crippen LogP contribution in [0.15, 0.2) is 30.6 Å². The minimum Gasteiger partial charge on any atom is -0.379 e. The molecule has 0 atom stereocenters. The van der Waals surface area contributed by atoms with E-state index in [1.807, 2.05) is 27.8 Å². The zero-order chi connectivity index (χ0) is 20.9. The van der Waals surface area contributed by atoms with Crippen molar-refractivity contribution in [3.8, 4) is 5.82 Å². The van der Waals surface area contributed by atoms with Gasteiger partial charge in [0.1, 0.15) is 0 Å². The second-order valence-corrected chi connectivity index (χ2v) is 8.68. The molecule has 30 heavy (non-hydrogen) atoms. The number of hydrogen-bond donors (Lipinski definition) is 0. The number of rotatable bonds is 6. The molecule has 2 aliphatic rings. The summed E-state index contributed by atoms with van der Waals surface area (Å²) in [4.78, 5) is 22.2. The van der Waals surface area contributed by atoms with Gasteiger partial charge in [0.05, 0.1) is 30.7 Å². The molecule has 0 radical (unpaired) electrons. The Hall–Kier alpha value is -2.25. The molecule has 2 aromatic rings. The molecule has 4 heterocycles. The fraction of sp³-hybridized carbons (Fsp3) is 0.609. The van der Waals surface area contributed by atoms with Gasteiger partial charge in [-0.1, -0.05) is 19.9 Å². The molecular weight excluding hydrogens is 378 g/mol. The monoisotopic (exact) mass is 411 g/mol. The van der Waals surface area contributed by atoms with Gasteiger partial charge in [-0.15, -0.1) is 0 Å². The molecule has 2 aromatic heterocycles. The van der Waals surface area contributed by atoms with E-state index in [0.717, 1.165) is 70.3 Å². The van der Waals surface area contributed by atoms with Crippen molar-refractivity contribution in [2.45, 2.75) is 39.0 Å². The van der Waals surface area contributed by atoms with Crippen LogP contribution in [-0.2, 0) is 4.74 Å². The van der Waals surface area contributed by atoms with E-state index in [0.29, 0.717) is 11.5 Å². The van der Waals surface area contributed by atoms with Crippen molar-refractivity contribution in [2.24, 2.45) is 5.92 Å². The third kappa shape index (κ3) is 4.73. The predicted molar refractivity (Wildman–Crippen MR) is 116 cm³/mol. The highest BCUT2D eigenvalue weighted by Gasteiger charge is 2.28. The summed E-state index contributed by atoms with van der Waals surface area (Å²) in [6.45, 7) is 10.8. The molecule has 0 N–H and O–H groups in total. The van der Waals surface area contributed by atoms with Crippen molar-refractivity contribution in [1.29, 1.82) is 0 Å². The standard InChI is InChI=1S/C23H33N5O2/c1-18(2)22-20(17-25-28(22)21-5-3-4-9-24-21)23(29)27-11-7-19(8-12-27)6-10-26-13-15-30-16-14-26/h3-5,9,17-19H,6-8,10-16H2,1-2H3. The van der Waals surface area contributed by atoms with Gasteiger partial charge in [0.25, 0.3) is 5.91 Å². The Morgan fingerprint density at radius 2 is 1.93 bits per heavy atom. The van der Waals surface area contributed by atoms with Crippen LogP contribution in [0.2, 0.25) is 0 Å². The first-order chi connectivity index (χ1) is 14.6. The van der Waals surface area contributed by atoms with E-state index >= 15 is 0 Å². The maximum absolute atomic E-state index is 13.3. The maximum Gasteiger partial charge on any atom is 0.257 e. The Labute approximate surface area is 179 Å². The van der Waals surface area contributed by atoms with E-state index in [1.165, 1.54) is 6.42 Å². The average Bonchev–Trinajstić information content (AvgIpc) is 3.24. The molecule has 7 heteroatoms. The third-order valence-electron chi connectivity index (χ3n) is 6.31. The van der Waals surface area contributed by atoms with E-state index in [2.05, 4.69) is 28.8 Å². The highest BCUT2D eigenvalue weighted by Crippen LogP contribution is 2.26. The van der Waals surface area contributed by atoms with Crippen molar-refractivity contribution in [3.05, 3.63) is 41.9 Å². The summed E-state index contributed by atoms with van der Waals surface area (Å²) in [5, 5.41) is 4.51. The number of carbonyl (C=O) groups excluding carboxylic acids is 1. The van der Waals surface area contributed by atoms with Gasteiger partial charge < -0.3 is 9.64 Å². The molecule has 7 nitrogen and oxygen atoms in total. The van der Waals surface area contributed by atoms with E-state index in [1.54, 1.807) is 12.4 Å². The summed E-state index contributed by atoms with van der Waals surface area (Å²) in [5.74, 6) is 1.74. The lowest BCUT2D eigenvalue weighted by Crippen LogP contribution is -2.41. The largest absolute Gasteiger partial charge is 0.379 e. The maximum atomic E-state index is 13.3. The number of pyridine rings is 1. The van der Waals surface area contributed by atoms with Crippen LogP contribution in [-0.4, -0.2) is 76.4 Å². The molecule has 4 rings (SSSR count). The van der Waals surface area contributed by atoms with Crippen LogP contribution in [0.4, 0.5) is 0 Å². The summed E-state index contributed by atoms with van der Waals surface area (Å²) in [6, 6.07) is 5.75. The van der Waals surface area contributed by atoms with Crippen LogP contribution in [0, 0.1) is 5.92 Å². The van der Waals surface area contributed by atoms with Gasteiger partial charge in [0.2, 0.25) is 0 Å². The summed E-state index contributed by atoms with van der Waals surface area (Å²) in [7, 11) is 0. The molecular formula is C23H33N5O2. The Balaban J connectivity index is 1.38. The smallest absolute Gasteiger partial charge is 0.257 e. The molecule has 0 aromatic carbocycles. The van der Waals surface area contributed by atoms with E-state index in [9.17, 15) is 4.79 Å². The molecule has 2 fully saturated rings. The minimum atomic E-state index is 0.104. The second-order valence-electron chi connectivity index (χ2n) is 8.68. The first kappa shape index (κ1) is 21.0. The minimum absolute atomic E-state index is 0.104. The highest BCUT2D eigenvalue weighted by atomic mass is 16.5. The van der Waals surface area contributed by atoms with Crippen LogP contribution in [0.25, 0.3) is 5.82 Å². The van der Waals surface area contributed by atoms with Gasteiger partial charge in [0.15, 0.2) is 5.82 Å². The van der Waals surface area contributed by atoms with Crippen molar-refractivity contribution in [1.82, 2.24) is 24.6 Å². The highest BCUT2D eigenvalue weighted by molar-refractivity contribution is 5.95. The number of amides is 1. The average molecular weight is 412 g/mol. The molecule has 0 aliphatic carbocycles. The predicted octanol–water partition coefficient (Wildman–Crippen LogP) is 2.97. The number of likely N-dealkylation sites (tertiary alicyclic amines) is 1. The Morgan fingerprint density at radius 1 is 1.17 bits per heavy atom. The summed E-state index contributed by atoms with van der Waals surface area (Å²) in [6.07, 6.45) is 6.86. The van der Waals surface area contributed by atoms with Crippen molar-refractivity contribution < 1.29 is 9.53 Å². The molecule has 2 saturated heterocycles. The van der Waals surface area contributed by atoms with Gasteiger partial charge in [-0.3, -0.25) is 9.69 Å². The number of nitrogens with zero attached hydrogens (tertiary/aromatic N) is 5. The topological polar surface area (TPSA) is 63.5 Å². The second kappa shape index (κ2) is 9.71. The number of ether oxygens (including phenoxy) is 1. The number of carbonyl (C=O) groups is 1. The van der Waals surface area contributed by atoms with E-state index in [4.69, 9.17) is 4.74 Å². The normalized spacial score (nSPS) is 18.8. The van der Waals surface area contributed by atoms with Crippen LogP contribution in [0.3, 0.4) is 0 Å². The van der Waals surface area contributed by atoms with Gasteiger partial charge >= 0.3 is 0 Å². The molecule has 0 unspecified atom stereocenters. The Bertz CT molecular complexity index is 821. The number of aromatic nitrogens is 3. The van der Waals surface area contributed by atoms with E-state index < -0.39 is 0 Å². The van der Waals surface area contributed by atoms with Gasteiger partial charge in [-0.25, -0.2) is 9.67 Å². The first-order valence-corrected chi connectivity index (χ1v) is 11.2. The third-order valence-corrected chi connectivity index (χ3v) is 6.31. The van der Waals surface area contributed by atoms with Crippen LogP contribution in [0.5, 0.6) is 0 Å². The fourth-order valence-electron chi connectivity index (χ4n) is 4.52. The van der Waals surface area contributed by atoms with E-state index in [-0.39, 0.29) is 11.8 Å². The lowest BCUT2D eigenvalue weighted by atomic mass is 9.92. The number of hydrogen-bond acceptors (Lipinski definition) is 5. The molecule has 0 saturated carbocycles. The SMILES string of the molecule is CC(C)c1c(C(=O)N2CCC(CCN3CCOCC3)CC2)cnn1-c1ccccn1. The molecule has 0 spiro atoms. The van der Waals surface area contributed by atoms with Crippen molar-refractivity contribution in [2.75, 3.05) is 45.9 Å². The first-order valence-electron chi connectivity index (χ1n) is 11.2. The molecule has 162 valence electrons. The van der Waals surface area contributed by atoms with Crippen LogP contribution in [0.1, 0.15) is 55.1 Å².